The van der Waals surface area contributed by atoms with E-state index in [2.05, 4.69) is 20.3 Å². The number of alkyl halides is 3. The Morgan fingerprint density at radius 3 is 2.52 bits per heavy atom. The lowest BCUT2D eigenvalue weighted by Gasteiger charge is -2.36. The average Bonchev–Trinajstić information content (AvgIpc) is 2.59. The molecule has 0 fully saturated rings. The van der Waals surface area contributed by atoms with E-state index in [1.807, 2.05) is 0 Å². The van der Waals surface area contributed by atoms with E-state index >= 15 is 0 Å². The van der Waals surface area contributed by atoms with Gasteiger partial charge in [-0.2, -0.15) is 13.2 Å². The zero-order valence-corrected chi connectivity index (χ0v) is 13.6. The van der Waals surface area contributed by atoms with Gasteiger partial charge < -0.3 is 19.5 Å². The third kappa shape index (κ3) is 3.11. The maximum absolute atomic E-state index is 12.7. The Labute approximate surface area is 141 Å². The van der Waals surface area contributed by atoms with Crippen molar-refractivity contribution in [3.63, 3.8) is 0 Å². The molecule has 0 bridgehead atoms. The molecule has 25 heavy (non-hydrogen) atoms. The maximum Gasteiger partial charge on any atom is 0.433 e. The number of pyridine rings is 1. The minimum atomic E-state index is -4.53. The van der Waals surface area contributed by atoms with Gasteiger partial charge in [0.05, 0.1) is 38.0 Å². The lowest BCUT2D eigenvalue weighted by atomic mass is 9.97. The van der Waals surface area contributed by atoms with E-state index in [0.717, 1.165) is 12.3 Å². The van der Waals surface area contributed by atoms with E-state index in [-0.39, 0.29) is 24.1 Å². The standard InChI is InChI=1S/C15H15F3N4O3/c1-14(11-6-20-12(23-2)13(21-11)24-3)7-25-9-4-10(15(16,17)18)19-5-8(9)22-14/h4-6,22H,7H2,1-3H3. The summed E-state index contributed by atoms with van der Waals surface area (Å²) in [5.41, 5.74) is -1.03. The lowest BCUT2D eigenvalue weighted by Crippen LogP contribution is -2.42. The number of anilines is 1. The van der Waals surface area contributed by atoms with Crippen LogP contribution in [0.15, 0.2) is 18.5 Å². The van der Waals surface area contributed by atoms with Crippen molar-refractivity contribution in [2.45, 2.75) is 18.6 Å². The van der Waals surface area contributed by atoms with Crippen LogP contribution in [0.2, 0.25) is 0 Å². The summed E-state index contributed by atoms with van der Waals surface area (Å²) in [5, 5.41) is 3.10. The number of aromatic nitrogens is 3. The van der Waals surface area contributed by atoms with Crippen molar-refractivity contribution in [3.8, 4) is 17.5 Å². The molecule has 1 N–H and O–H groups in total. The molecule has 1 aliphatic heterocycles. The second-order valence-corrected chi connectivity index (χ2v) is 5.58. The molecule has 0 aliphatic carbocycles. The molecule has 0 saturated carbocycles. The molecule has 1 unspecified atom stereocenters. The van der Waals surface area contributed by atoms with E-state index in [1.165, 1.54) is 20.4 Å². The van der Waals surface area contributed by atoms with Crippen LogP contribution >= 0.6 is 0 Å². The summed E-state index contributed by atoms with van der Waals surface area (Å²) < 4.78 is 53.9. The fraction of sp³-hybridized carbons (Fsp3) is 0.400. The molecule has 0 aromatic carbocycles. The highest BCUT2D eigenvalue weighted by Crippen LogP contribution is 2.40. The number of nitrogens with zero attached hydrogens (tertiary/aromatic N) is 3. The number of halogens is 3. The van der Waals surface area contributed by atoms with E-state index in [4.69, 9.17) is 14.2 Å². The first-order chi connectivity index (χ1) is 11.8. The molecule has 7 nitrogen and oxygen atoms in total. The van der Waals surface area contributed by atoms with Crippen LogP contribution in [-0.2, 0) is 11.7 Å². The second-order valence-electron chi connectivity index (χ2n) is 5.58. The Morgan fingerprint density at radius 2 is 1.88 bits per heavy atom. The largest absolute Gasteiger partial charge is 0.488 e. The first-order valence-electron chi connectivity index (χ1n) is 7.20. The van der Waals surface area contributed by atoms with Crippen LogP contribution in [0.25, 0.3) is 0 Å². The van der Waals surface area contributed by atoms with Gasteiger partial charge in [0.15, 0.2) is 0 Å². The third-order valence-electron chi connectivity index (χ3n) is 3.74. The molecule has 2 aromatic heterocycles. The Kier molecular flexibility index (Phi) is 4.05. The summed E-state index contributed by atoms with van der Waals surface area (Å²) in [7, 11) is 2.87. The van der Waals surface area contributed by atoms with Crippen molar-refractivity contribution in [2.24, 2.45) is 0 Å². The summed E-state index contributed by atoms with van der Waals surface area (Å²) in [6, 6.07) is 0.863. The number of hydrogen-bond donors (Lipinski definition) is 1. The number of rotatable bonds is 3. The van der Waals surface area contributed by atoms with Gasteiger partial charge in [-0.25, -0.2) is 15.0 Å². The van der Waals surface area contributed by atoms with E-state index < -0.39 is 17.4 Å². The predicted molar refractivity (Wildman–Crippen MR) is 80.8 cm³/mol. The van der Waals surface area contributed by atoms with Gasteiger partial charge in [0.2, 0.25) is 0 Å². The molecular weight excluding hydrogens is 341 g/mol. The first-order valence-corrected chi connectivity index (χ1v) is 7.20. The SMILES string of the molecule is COc1ncc(C2(C)COc3cc(C(F)(F)F)ncc3N2)nc1OC. The zero-order valence-electron chi connectivity index (χ0n) is 13.6. The normalized spacial score (nSPS) is 19.4. The van der Waals surface area contributed by atoms with Crippen LogP contribution in [0, 0.1) is 0 Å². The number of hydrogen-bond acceptors (Lipinski definition) is 7. The van der Waals surface area contributed by atoms with Crippen LogP contribution in [0.1, 0.15) is 18.3 Å². The van der Waals surface area contributed by atoms with Gasteiger partial charge in [-0.05, 0) is 6.92 Å². The van der Waals surface area contributed by atoms with E-state index in [1.54, 1.807) is 6.92 Å². The first kappa shape index (κ1) is 17.1. The Bertz CT molecular complexity index is 800. The van der Waals surface area contributed by atoms with Gasteiger partial charge in [-0.3, -0.25) is 0 Å². The second kappa shape index (κ2) is 5.94. The van der Waals surface area contributed by atoms with Crippen molar-refractivity contribution in [1.29, 1.82) is 0 Å². The molecule has 10 heteroatoms. The molecule has 1 atom stereocenters. The fourth-order valence-electron chi connectivity index (χ4n) is 2.40. The van der Waals surface area contributed by atoms with Crippen LogP contribution in [0.4, 0.5) is 18.9 Å². The zero-order chi connectivity index (χ0) is 18.2. The predicted octanol–water partition coefficient (Wildman–Crippen LogP) is 2.63. The molecule has 3 heterocycles. The highest BCUT2D eigenvalue weighted by atomic mass is 19.4. The summed E-state index contributed by atoms with van der Waals surface area (Å²) >= 11 is 0. The van der Waals surface area contributed by atoms with Crippen LogP contribution in [0.3, 0.4) is 0 Å². The number of fused-ring (bicyclic) bond motifs is 1. The van der Waals surface area contributed by atoms with Gasteiger partial charge in [-0.15, -0.1) is 0 Å². The fourth-order valence-corrected chi connectivity index (χ4v) is 2.40. The Balaban J connectivity index is 1.93. The molecule has 0 radical (unpaired) electrons. The van der Waals surface area contributed by atoms with Crippen molar-refractivity contribution in [1.82, 2.24) is 15.0 Å². The molecule has 0 amide bonds. The minimum Gasteiger partial charge on any atom is -0.488 e. The number of methoxy groups -OCH3 is 2. The highest BCUT2D eigenvalue weighted by Gasteiger charge is 2.38. The van der Waals surface area contributed by atoms with E-state index in [0.29, 0.717) is 11.4 Å². The third-order valence-corrected chi connectivity index (χ3v) is 3.74. The van der Waals surface area contributed by atoms with Crippen molar-refractivity contribution >= 4 is 5.69 Å². The molecule has 0 saturated heterocycles. The van der Waals surface area contributed by atoms with Crippen LogP contribution in [-0.4, -0.2) is 35.8 Å². The van der Waals surface area contributed by atoms with Gasteiger partial charge in [0.1, 0.15) is 23.6 Å². The summed E-state index contributed by atoms with van der Waals surface area (Å²) in [4.78, 5) is 11.9. The summed E-state index contributed by atoms with van der Waals surface area (Å²) in [5.74, 6) is 0.496. The average molecular weight is 356 g/mol. The Morgan fingerprint density at radius 1 is 1.16 bits per heavy atom. The monoisotopic (exact) mass is 356 g/mol. The molecule has 134 valence electrons. The van der Waals surface area contributed by atoms with Crippen molar-refractivity contribution < 1.29 is 27.4 Å². The highest BCUT2D eigenvalue weighted by molar-refractivity contribution is 5.59. The quantitative estimate of drug-likeness (QED) is 0.906. The lowest BCUT2D eigenvalue weighted by molar-refractivity contribution is -0.141. The molecule has 2 aromatic rings. The van der Waals surface area contributed by atoms with E-state index in [9.17, 15) is 13.2 Å². The number of ether oxygens (including phenoxy) is 3. The molecule has 1 aliphatic rings. The maximum atomic E-state index is 12.7. The Hall–Kier alpha value is -2.78. The summed E-state index contributed by atoms with van der Waals surface area (Å²) in [6.07, 6.45) is -1.96. The van der Waals surface area contributed by atoms with Crippen LogP contribution in [0.5, 0.6) is 17.5 Å². The molecule has 3 rings (SSSR count). The van der Waals surface area contributed by atoms with Gasteiger partial charge in [0.25, 0.3) is 11.8 Å². The molecular formula is C15H15F3N4O3. The summed E-state index contributed by atoms with van der Waals surface area (Å²) in [6.45, 7) is 1.83. The number of nitrogens with one attached hydrogen (secondary N) is 1. The van der Waals surface area contributed by atoms with Crippen LogP contribution < -0.4 is 19.5 Å². The minimum absolute atomic E-state index is 0.0471. The van der Waals surface area contributed by atoms with Gasteiger partial charge in [0, 0.05) is 6.07 Å². The van der Waals surface area contributed by atoms with Crippen molar-refractivity contribution in [3.05, 3.63) is 29.8 Å². The topological polar surface area (TPSA) is 78.4 Å². The molecule has 0 spiro atoms. The van der Waals surface area contributed by atoms with Gasteiger partial charge >= 0.3 is 6.18 Å². The van der Waals surface area contributed by atoms with Crippen molar-refractivity contribution in [2.75, 3.05) is 26.1 Å². The smallest absolute Gasteiger partial charge is 0.433 e. The van der Waals surface area contributed by atoms with Gasteiger partial charge in [-0.1, -0.05) is 0 Å².